The van der Waals surface area contributed by atoms with Gasteiger partial charge in [0.1, 0.15) is 12.2 Å². The molecule has 0 aromatic carbocycles. The second-order valence-electron chi connectivity index (χ2n) is 5.42. The molecule has 1 aromatic heterocycles. The summed E-state index contributed by atoms with van der Waals surface area (Å²) in [7, 11) is 1.86. The van der Waals surface area contributed by atoms with E-state index in [9.17, 15) is 9.90 Å². The fraction of sp³-hybridized carbons (Fsp3) is 0.769. The molecule has 1 aliphatic carbocycles. The van der Waals surface area contributed by atoms with Crippen molar-refractivity contribution in [2.24, 2.45) is 7.05 Å². The van der Waals surface area contributed by atoms with Crippen LogP contribution in [0.5, 0.6) is 0 Å². The molecule has 0 spiro atoms. The molecule has 0 bridgehead atoms. The van der Waals surface area contributed by atoms with Gasteiger partial charge in [0.2, 0.25) is 5.91 Å². The molecule has 0 aliphatic heterocycles. The molecular weight excluding hydrogens is 244 g/mol. The van der Waals surface area contributed by atoms with E-state index in [1.807, 2.05) is 11.6 Å². The van der Waals surface area contributed by atoms with Gasteiger partial charge in [-0.15, -0.1) is 10.2 Å². The number of carbonyl (C=O) groups is 1. The summed E-state index contributed by atoms with van der Waals surface area (Å²) in [5.74, 6) is 0.758. The van der Waals surface area contributed by atoms with Gasteiger partial charge in [0.05, 0.1) is 5.60 Å². The SMILES string of the molecule is Cn1cnnc1CCC(=O)NCC1(O)CCCCC1. The third-order valence-electron chi connectivity index (χ3n) is 3.78. The molecule has 106 valence electrons. The van der Waals surface area contributed by atoms with Crippen molar-refractivity contribution in [2.45, 2.75) is 50.5 Å². The molecule has 6 heteroatoms. The Hall–Kier alpha value is -1.43. The first-order valence-corrected chi connectivity index (χ1v) is 6.91. The number of hydrogen-bond donors (Lipinski definition) is 2. The van der Waals surface area contributed by atoms with Gasteiger partial charge in [-0.05, 0) is 12.8 Å². The van der Waals surface area contributed by atoms with E-state index in [1.165, 1.54) is 6.42 Å². The normalized spacial score (nSPS) is 18.2. The van der Waals surface area contributed by atoms with Crippen molar-refractivity contribution in [2.75, 3.05) is 6.54 Å². The summed E-state index contributed by atoms with van der Waals surface area (Å²) in [4.78, 5) is 11.8. The van der Waals surface area contributed by atoms with Crippen LogP contribution in [0.4, 0.5) is 0 Å². The summed E-state index contributed by atoms with van der Waals surface area (Å²) in [6.07, 6.45) is 7.42. The Balaban J connectivity index is 1.71. The zero-order chi connectivity index (χ0) is 13.7. The number of hydrogen-bond acceptors (Lipinski definition) is 4. The molecule has 0 radical (unpaired) electrons. The van der Waals surface area contributed by atoms with Crippen molar-refractivity contribution >= 4 is 5.91 Å². The molecule has 0 atom stereocenters. The highest BCUT2D eigenvalue weighted by Crippen LogP contribution is 2.27. The number of rotatable bonds is 5. The first-order chi connectivity index (χ1) is 9.09. The van der Waals surface area contributed by atoms with Gasteiger partial charge in [-0.2, -0.15) is 0 Å². The maximum atomic E-state index is 11.8. The lowest BCUT2D eigenvalue weighted by Crippen LogP contribution is -2.44. The Kier molecular flexibility index (Phi) is 4.52. The molecule has 0 unspecified atom stereocenters. The first kappa shape index (κ1) is 14.0. The zero-order valence-corrected chi connectivity index (χ0v) is 11.4. The van der Waals surface area contributed by atoms with Gasteiger partial charge < -0.3 is 15.0 Å². The van der Waals surface area contributed by atoms with Crippen molar-refractivity contribution in [3.63, 3.8) is 0 Å². The lowest BCUT2D eigenvalue weighted by molar-refractivity contribution is -0.122. The number of nitrogens with zero attached hydrogens (tertiary/aromatic N) is 3. The van der Waals surface area contributed by atoms with Gasteiger partial charge in [-0.3, -0.25) is 4.79 Å². The first-order valence-electron chi connectivity index (χ1n) is 6.91. The third-order valence-corrected chi connectivity index (χ3v) is 3.78. The highest BCUT2D eigenvalue weighted by molar-refractivity contribution is 5.76. The molecule has 1 aliphatic rings. The number of carbonyl (C=O) groups excluding carboxylic acids is 1. The molecule has 19 heavy (non-hydrogen) atoms. The summed E-state index contributed by atoms with van der Waals surface area (Å²) in [6, 6.07) is 0. The van der Waals surface area contributed by atoms with Crippen LogP contribution in [0.3, 0.4) is 0 Å². The number of aliphatic hydroxyl groups is 1. The van der Waals surface area contributed by atoms with Crippen LogP contribution in [0.25, 0.3) is 0 Å². The van der Waals surface area contributed by atoms with Crippen LogP contribution in [0.15, 0.2) is 6.33 Å². The number of aromatic nitrogens is 3. The molecular formula is C13H22N4O2. The van der Waals surface area contributed by atoms with Crippen LogP contribution in [0, 0.1) is 0 Å². The Labute approximate surface area is 113 Å². The van der Waals surface area contributed by atoms with Crippen molar-refractivity contribution < 1.29 is 9.90 Å². The average Bonchev–Trinajstić information content (AvgIpc) is 2.81. The molecule has 1 amide bonds. The van der Waals surface area contributed by atoms with E-state index in [2.05, 4.69) is 15.5 Å². The minimum atomic E-state index is -0.696. The summed E-state index contributed by atoms with van der Waals surface area (Å²) in [5, 5.41) is 20.8. The van der Waals surface area contributed by atoms with Crippen LogP contribution in [-0.4, -0.2) is 37.9 Å². The number of aryl methyl sites for hydroxylation is 2. The maximum absolute atomic E-state index is 11.8. The second-order valence-corrected chi connectivity index (χ2v) is 5.42. The van der Waals surface area contributed by atoms with Crippen LogP contribution in [0.1, 0.15) is 44.3 Å². The van der Waals surface area contributed by atoms with Crippen molar-refractivity contribution in [3.05, 3.63) is 12.2 Å². The van der Waals surface area contributed by atoms with Crippen molar-refractivity contribution in [1.82, 2.24) is 20.1 Å². The average molecular weight is 266 g/mol. The van der Waals surface area contributed by atoms with E-state index in [4.69, 9.17) is 0 Å². The highest BCUT2D eigenvalue weighted by Gasteiger charge is 2.29. The second kappa shape index (κ2) is 6.14. The monoisotopic (exact) mass is 266 g/mol. The molecule has 0 saturated heterocycles. The molecule has 1 aromatic rings. The van der Waals surface area contributed by atoms with Gasteiger partial charge in [0, 0.05) is 26.4 Å². The molecule has 6 nitrogen and oxygen atoms in total. The van der Waals surface area contributed by atoms with E-state index in [-0.39, 0.29) is 5.91 Å². The summed E-state index contributed by atoms with van der Waals surface area (Å²) < 4.78 is 1.81. The smallest absolute Gasteiger partial charge is 0.220 e. The summed E-state index contributed by atoms with van der Waals surface area (Å²) in [5.41, 5.74) is -0.696. The van der Waals surface area contributed by atoms with E-state index in [0.717, 1.165) is 31.5 Å². The van der Waals surface area contributed by atoms with Crippen LogP contribution >= 0.6 is 0 Å². The van der Waals surface area contributed by atoms with E-state index in [0.29, 0.717) is 19.4 Å². The van der Waals surface area contributed by atoms with Gasteiger partial charge in [-0.25, -0.2) is 0 Å². The Morgan fingerprint density at radius 3 is 2.84 bits per heavy atom. The van der Waals surface area contributed by atoms with E-state index >= 15 is 0 Å². The maximum Gasteiger partial charge on any atom is 0.220 e. The predicted octanol–water partition coefficient (Wildman–Crippen LogP) is 0.559. The molecule has 2 N–H and O–H groups in total. The van der Waals surface area contributed by atoms with Crippen LogP contribution in [-0.2, 0) is 18.3 Å². The lowest BCUT2D eigenvalue weighted by atomic mass is 9.85. The molecule has 2 rings (SSSR count). The van der Waals surface area contributed by atoms with Gasteiger partial charge in [0.15, 0.2) is 0 Å². The standard InChI is InChI=1S/C13H22N4O2/c1-17-10-15-16-11(17)5-6-12(18)14-9-13(19)7-3-2-4-8-13/h10,19H,2-9H2,1H3,(H,14,18). The number of nitrogens with one attached hydrogen (secondary N) is 1. The summed E-state index contributed by atoms with van der Waals surface area (Å²) >= 11 is 0. The summed E-state index contributed by atoms with van der Waals surface area (Å²) in [6.45, 7) is 0.366. The van der Waals surface area contributed by atoms with Crippen molar-refractivity contribution in [1.29, 1.82) is 0 Å². The van der Waals surface area contributed by atoms with E-state index in [1.54, 1.807) is 6.33 Å². The Morgan fingerprint density at radius 2 is 2.21 bits per heavy atom. The van der Waals surface area contributed by atoms with Gasteiger partial charge in [-0.1, -0.05) is 19.3 Å². The largest absolute Gasteiger partial charge is 0.388 e. The van der Waals surface area contributed by atoms with Crippen LogP contribution < -0.4 is 5.32 Å². The zero-order valence-electron chi connectivity index (χ0n) is 11.4. The number of amides is 1. The fourth-order valence-electron chi connectivity index (χ4n) is 2.50. The topological polar surface area (TPSA) is 80.0 Å². The fourth-order valence-corrected chi connectivity index (χ4v) is 2.50. The minimum Gasteiger partial charge on any atom is -0.388 e. The van der Waals surface area contributed by atoms with Crippen molar-refractivity contribution in [3.8, 4) is 0 Å². The Morgan fingerprint density at radius 1 is 1.47 bits per heavy atom. The molecule has 1 heterocycles. The van der Waals surface area contributed by atoms with E-state index < -0.39 is 5.60 Å². The molecule has 1 fully saturated rings. The van der Waals surface area contributed by atoms with Gasteiger partial charge >= 0.3 is 0 Å². The molecule has 1 saturated carbocycles. The lowest BCUT2D eigenvalue weighted by Gasteiger charge is -2.32. The quantitative estimate of drug-likeness (QED) is 0.816. The van der Waals surface area contributed by atoms with Crippen LogP contribution in [0.2, 0.25) is 0 Å². The highest BCUT2D eigenvalue weighted by atomic mass is 16.3. The predicted molar refractivity (Wildman–Crippen MR) is 70.4 cm³/mol. The third kappa shape index (κ3) is 4.02. The minimum absolute atomic E-state index is 0.0398. The Bertz CT molecular complexity index is 424. The van der Waals surface area contributed by atoms with Gasteiger partial charge in [0.25, 0.3) is 0 Å².